The van der Waals surface area contributed by atoms with Crippen molar-refractivity contribution in [2.45, 2.75) is 45.0 Å². The maximum Gasteiger partial charge on any atom is 0.376 e. The predicted molar refractivity (Wildman–Crippen MR) is 97.2 cm³/mol. The molecule has 0 aromatic heterocycles. The zero-order valence-corrected chi connectivity index (χ0v) is 15.5. The van der Waals surface area contributed by atoms with Crippen LogP contribution in [0.15, 0.2) is 0 Å². The summed E-state index contributed by atoms with van der Waals surface area (Å²) in [6.45, 7) is 9.06. The number of hydrogen-bond donors (Lipinski definition) is 1. The summed E-state index contributed by atoms with van der Waals surface area (Å²) in [4.78, 5) is 19.6. The van der Waals surface area contributed by atoms with Crippen LogP contribution >= 0.6 is 0 Å². The van der Waals surface area contributed by atoms with E-state index in [1.54, 1.807) is 6.82 Å². The predicted octanol–water partition coefficient (Wildman–Crippen LogP) is 0.522. The van der Waals surface area contributed by atoms with Crippen LogP contribution in [0.1, 0.15) is 32.1 Å². The number of rotatable bonds is 3. The third kappa shape index (κ3) is 3.61. The summed E-state index contributed by atoms with van der Waals surface area (Å²) in [5.41, 5.74) is 0.306. The number of piperazine rings is 1. The highest BCUT2D eigenvalue weighted by Crippen LogP contribution is 2.60. The van der Waals surface area contributed by atoms with Gasteiger partial charge < -0.3 is 24.4 Å². The van der Waals surface area contributed by atoms with Crippen molar-refractivity contribution in [3.63, 3.8) is 0 Å². The standard InChI is InChI=1S/C18H32BN3O3/c1-19(24)22-10-8-21(9-11-22)17(23)16-14-18(16)4-6-20(7-5-18)15-2-12-25-13-3-15/h15-16,24H,2-14H2,1H3. The molecule has 1 atom stereocenters. The first-order valence-corrected chi connectivity index (χ1v) is 10.1. The second-order valence-electron chi connectivity index (χ2n) is 8.49. The molecule has 140 valence electrons. The minimum atomic E-state index is -0.404. The fourth-order valence-electron chi connectivity index (χ4n) is 5.17. The molecule has 4 aliphatic rings. The van der Waals surface area contributed by atoms with E-state index in [9.17, 15) is 9.82 Å². The Balaban J connectivity index is 1.25. The maximum atomic E-state index is 12.9. The largest absolute Gasteiger partial charge is 0.437 e. The molecule has 3 aliphatic heterocycles. The van der Waals surface area contributed by atoms with Crippen molar-refractivity contribution in [3.05, 3.63) is 0 Å². The number of nitrogens with zero attached hydrogens (tertiary/aromatic N) is 3. The molecule has 6 nitrogen and oxygen atoms in total. The molecule has 1 spiro atoms. The van der Waals surface area contributed by atoms with E-state index < -0.39 is 7.05 Å². The van der Waals surface area contributed by atoms with Gasteiger partial charge in [-0.3, -0.25) is 4.79 Å². The first-order chi connectivity index (χ1) is 12.1. The average Bonchev–Trinajstić information content (AvgIpc) is 3.36. The first kappa shape index (κ1) is 17.8. The lowest BCUT2D eigenvalue weighted by Crippen LogP contribution is -2.53. The number of carbonyl (C=O) groups excluding carboxylic acids is 1. The van der Waals surface area contributed by atoms with Crippen LogP contribution in [0.3, 0.4) is 0 Å². The molecule has 25 heavy (non-hydrogen) atoms. The lowest BCUT2D eigenvalue weighted by molar-refractivity contribution is -0.135. The molecule has 0 aromatic carbocycles. The Labute approximate surface area is 151 Å². The highest BCUT2D eigenvalue weighted by atomic mass is 16.5. The van der Waals surface area contributed by atoms with Crippen molar-refractivity contribution in [1.29, 1.82) is 0 Å². The van der Waals surface area contributed by atoms with Gasteiger partial charge in [0, 0.05) is 51.4 Å². The van der Waals surface area contributed by atoms with Gasteiger partial charge in [0.25, 0.3) is 0 Å². The van der Waals surface area contributed by atoms with Crippen molar-refractivity contribution < 1.29 is 14.6 Å². The second kappa shape index (κ2) is 7.18. The quantitative estimate of drug-likeness (QED) is 0.753. The third-order valence-electron chi connectivity index (χ3n) is 7.14. The van der Waals surface area contributed by atoms with E-state index in [4.69, 9.17) is 4.74 Å². The molecule has 0 aromatic rings. The number of carbonyl (C=O) groups is 1. The Hall–Kier alpha value is -0.625. The molecule has 3 saturated heterocycles. The summed E-state index contributed by atoms with van der Waals surface area (Å²) in [5, 5.41) is 9.66. The highest BCUT2D eigenvalue weighted by Gasteiger charge is 2.59. The lowest BCUT2D eigenvalue weighted by atomic mass is 9.84. The second-order valence-corrected chi connectivity index (χ2v) is 8.49. The Kier molecular flexibility index (Phi) is 5.10. The molecule has 1 N–H and O–H groups in total. The van der Waals surface area contributed by atoms with E-state index in [0.29, 0.717) is 17.4 Å². The zero-order valence-electron chi connectivity index (χ0n) is 15.5. The van der Waals surface area contributed by atoms with Crippen LogP contribution in [0.5, 0.6) is 0 Å². The van der Waals surface area contributed by atoms with Crippen LogP contribution in [0.4, 0.5) is 0 Å². The Morgan fingerprint density at radius 2 is 1.72 bits per heavy atom. The van der Waals surface area contributed by atoms with Gasteiger partial charge in [-0.2, -0.15) is 0 Å². The molecule has 4 fully saturated rings. The molecule has 1 unspecified atom stereocenters. The van der Waals surface area contributed by atoms with Crippen LogP contribution in [-0.4, -0.2) is 91.1 Å². The van der Waals surface area contributed by atoms with Gasteiger partial charge in [0.15, 0.2) is 0 Å². The fraction of sp³-hybridized carbons (Fsp3) is 0.944. The van der Waals surface area contributed by atoms with Crippen LogP contribution in [0, 0.1) is 11.3 Å². The van der Waals surface area contributed by atoms with Crippen LogP contribution < -0.4 is 0 Å². The molecule has 1 saturated carbocycles. The molecule has 1 amide bonds. The van der Waals surface area contributed by atoms with E-state index in [2.05, 4.69) is 4.90 Å². The summed E-state index contributed by atoms with van der Waals surface area (Å²) in [5.74, 6) is 0.646. The van der Waals surface area contributed by atoms with Gasteiger partial charge in [0.2, 0.25) is 5.91 Å². The summed E-state index contributed by atoms with van der Waals surface area (Å²) < 4.78 is 5.49. The van der Waals surface area contributed by atoms with Gasteiger partial charge in [0.05, 0.1) is 0 Å². The van der Waals surface area contributed by atoms with Crippen LogP contribution in [0.2, 0.25) is 6.82 Å². The summed E-state index contributed by atoms with van der Waals surface area (Å²) in [6.07, 6.45) is 5.82. The number of ether oxygens (including phenoxy) is 1. The van der Waals surface area contributed by atoms with Gasteiger partial charge >= 0.3 is 7.05 Å². The van der Waals surface area contributed by atoms with Gasteiger partial charge in [-0.15, -0.1) is 0 Å². The topological polar surface area (TPSA) is 56.2 Å². The fourth-order valence-corrected chi connectivity index (χ4v) is 5.17. The van der Waals surface area contributed by atoms with Crippen molar-refractivity contribution in [2.75, 3.05) is 52.5 Å². The van der Waals surface area contributed by atoms with Crippen molar-refractivity contribution in [3.8, 4) is 0 Å². The van der Waals surface area contributed by atoms with E-state index in [1.807, 2.05) is 9.71 Å². The van der Waals surface area contributed by atoms with E-state index in [-0.39, 0.29) is 5.92 Å². The molecule has 7 heteroatoms. The number of hydrogen-bond acceptors (Lipinski definition) is 5. The molecular weight excluding hydrogens is 317 g/mol. The average molecular weight is 349 g/mol. The van der Waals surface area contributed by atoms with E-state index in [0.717, 1.165) is 58.9 Å². The Morgan fingerprint density at radius 3 is 2.32 bits per heavy atom. The molecule has 0 radical (unpaired) electrons. The zero-order chi connectivity index (χ0) is 17.4. The Morgan fingerprint density at radius 1 is 1.08 bits per heavy atom. The smallest absolute Gasteiger partial charge is 0.376 e. The van der Waals surface area contributed by atoms with E-state index >= 15 is 0 Å². The monoisotopic (exact) mass is 349 g/mol. The summed E-state index contributed by atoms with van der Waals surface area (Å²) in [7, 11) is -0.404. The minimum Gasteiger partial charge on any atom is -0.437 e. The highest BCUT2D eigenvalue weighted by molar-refractivity contribution is 6.45. The maximum absolute atomic E-state index is 12.9. The molecule has 3 heterocycles. The van der Waals surface area contributed by atoms with Crippen LogP contribution in [0.25, 0.3) is 0 Å². The summed E-state index contributed by atoms with van der Waals surface area (Å²) in [6, 6.07) is 0.701. The molecule has 0 bridgehead atoms. The van der Waals surface area contributed by atoms with Gasteiger partial charge in [-0.05, 0) is 57.4 Å². The van der Waals surface area contributed by atoms with E-state index in [1.165, 1.54) is 25.7 Å². The number of amides is 1. The van der Waals surface area contributed by atoms with Crippen molar-refractivity contribution in [1.82, 2.24) is 14.6 Å². The number of likely N-dealkylation sites (tertiary alicyclic amines) is 1. The molecule has 4 rings (SSSR count). The minimum absolute atomic E-state index is 0.266. The first-order valence-electron chi connectivity index (χ1n) is 10.1. The van der Waals surface area contributed by atoms with Gasteiger partial charge in [0.1, 0.15) is 0 Å². The van der Waals surface area contributed by atoms with Gasteiger partial charge in [-0.1, -0.05) is 0 Å². The van der Waals surface area contributed by atoms with Crippen LogP contribution in [-0.2, 0) is 9.53 Å². The normalized spacial score (nSPS) is 31.3. The SMILES string of the molecule is CB(O)N1CCN(C(=O)C2CC23CCN(C2CCOCC2)CC3)CC1. The van der Waals surface area contributed by atoms with Crippen molar-refractivity contribution >= 4 is 13.0 Å². The van der Waals surface area contributed by atoms with Crippen molar-refractivity contribution in [2.24, 2.45) is 11.3 Å². The van der Waals surface area contributed by atoms with Gasteiger partial charge in [-0.25, -0.2) is 0 Å². The lowest BCUT2D eigenvalue weighted by Gasteiger charge is -2.40. The Bertz CT molecular complexity index is 482. The molecular formula is C18H32BN3O3. The third-order valence-corrected chi connectivity index (χ3v) is 7.14. The molecule has 1 aliphatic carbocycles. The summed E-state index contributed by atoms with van der Waals surface area (Å²) >= 11 is 0. The number of piperidine rings is 1.